The van der Waals surface area contributed by atoms with Crippen LogP contribution in [-0.4, -0.2) is 50.4 Å². The molecule has 0 aliphatic carbocycles. The Kier molecular flexibility index (Phi) is 8.72. The molecule has 11 heteroatoms. The molecule has 2 amide bonds. The third kappa shape index (κ3) is 6.41. The number of carbonyl (C=O) groups excluding carboxylic acids is 2. The van der Waals surface area contributed by atoms with Gasteiger partial charge in [0, 0.05) is 32.7 Å². The predicted octanol–water partition coefficient (Wildman–Crippen LogP) is 8.34. The number of fused-ring (bicyclic) bond motifs is 3. The van der Waals surface area contributed by atoms with Crippen molar-refractivity contribution in [3.8, 4) is 11.5 Å². The fraction of sp³-hybridized carbons (Fsp3) is 0.412. The number of rotatable bonds is 6. The van der Waals surface area contributed by atoms with Crippen LogP contribution in [0.5, 0.6) is 11.5 Å². The van der Waals surface area contributed by atoms with Crippen molar-refractivity contribution in [2.24, 2.45) is 0 Å². The lowest BCUT2D eigenvalue weighted by Gasteiger charge is -2.35. The van der Waals surface area contributed by atoms with E-state index in [0.717, 1.165) is 21.3 Å². The van der Waals surface area contributed by atoms with Crippen molar-refractivity contribution in [3.05, 3.63) is 70.2 Å². The zero-order valence-corrected chi connectivity index (χ0v) is 28.5. The maximum Gasteiger partial charge on any atom is 0.412 e. The number of nitrogens with zero attached hydrogens (tertiary/aromatic N) is 1. The zero-order chi connectivity index (χ0) is 32.7. The maximum absolute atomic E-state index is 12.7. The third-order valence-corrected chi connectivity index (χ3v) is 8.20. The Morgan fingerprint density at radius 3 is 2.00 bits per heavy atom. The molecule has 0 saturated carbocycles. The second-order valence-corrected chi connectivity index (χ2v) is 13.9. The minimum atomic E-state index is -0.716. The highest BCUT2D eigenvalue weighted by molar-refractivity contribution is 9.10. The molecule has 240 valence electrons. The van der Waals surface area contributed by atoms with Crippen LogP contribution in [0.1, 0.15) is 59.1 Å². The molecule has 45 heavy (non-hydrogen) atoms. The summed E-state index contributed by atoms with van der Waals surface area (Å²) >= 11 is 3.85. The Balaban J connectivity index is 1.64. The Bertz CT molecular complexity index is 1610. The number of ether oxygens (including phenoxy) is 5. The van der Waals surface area contributed by atoms with Crippen LogP contribution in [0.25, 0.3) is 0 Å². The molecule has 0 aromatic heterocycles. The van der Waals surface area contributed by atoms with Crippen molar-refractivity contribution >= 4 is 50.9 Å². The Morgan fingerprint density at radius 2 is 1.42 bits per heavy atom. The molecule has 5 rings (SSSR count). The van der Waals surface area contributed by atoms with Gasteiger partial charge in [-0.3, -0.25) is 10.6 Å². The Hall–Kier alpha value is -3.96. The van der Waals surface area contributed by atoms with E-state index in [9.17, 15) is 9.59 Å². The minimum Gasteiger partial charge on any atom is -0.496 e. The van der Waals surface area contributed by atoms with E-state index < -0.39 is 35.0 Å². The van der Waals surface area contributed by atoms with Gasteiger partial charge in [0.05, 0.1) is 31.9 Å². The molecule has 1 unspecified atom stereocenters. The quantitative estimate of drug-likeness (QED) is 0.267. The van der Waals surface area contributed by atoms with E-state index >= 15 is 0 Å². The van der Waals surface area contributed by atoms with Crippen LogP contribution in [-0.2, 0) is 19.6 Å². The van der Waals surface area contributed by atoms with Crippen molar-refractivity contribution in [2.45, 2.75) is 70.8 Å². The van der Waals surface area contributed by atoms with Gasteiger partial charge in [0.15, 0.2) is 0 Å². The monoisotopic (exact) mass is 681 g/mol. The number of hydrogen-bond acceptors (Lipinski definition) is 8. The summed E-state index contributed by atoms with van der Waals surface area (Å²) in [4.78, 5) is 27.5. The van der Waals surface area contributed by atoms with E-state index in [4.69, 9.17) is 23.7 Å². The van der Waals surface area contributed by atoms with E-state index in [1.807, 2.05) is 77.9 Å². The first kappa shape index (κ1) is 32.4. The standard InChI is InChI=1S/C34H40BrN3O7/c1-32(2,3)44-30(39)36-20-12-14-26(41-7)22(18-20)34-16-17-43-29(34)38(24-11-9-10-23(35)28(24)34)25-19-21(13-15-27(25)42-8)37-31(40)45-33(4,5)6/h9-15,18-19,29H,16-17H2,1-8H3,(H,36,39)(H,37,40)/t29?,34-/m0/s1. The van der Waals surface area contributed by atoms with Gasteiger partial charge in [-0.05, 0) is 96.5 Å². The summed E-state index contributed by atoms with van der Waals surface area (Å²) in [6.07, 6.45) is -1.01. The van der Waals surface area contributed by atoms with Gasteiger partial charge in [-0.2, -0.15) is 0 Å². The summed E-state index contributed by atoms with van der Waals surface area (Å²) in [5.41, 5.74) is 2.53. The first-order valence-electron chi connectivity index (χ1n) is 14.7. The smallest absolute Gasteiger partial charge is 0.412 e. The molecule has 2 atom stereocenters. The van der Waals surface area contributed by atoms with Gasteiger partial charge >= 0.3 is 12.2 Å². The fourth-order valence-electron chi connectivity index (χ4n) is 6.01. The highest BCUT2D eigenvalue weighted by Gasteiger charge is 2.59. The molecule has 2 N–H and O–H groups in total. The molecule has 1 saturated heterocycles. The normalized spacial score (nSPS) is 19.0. The van der Waals surface area contributed by atoms with Gasteiger partial charge in [0.2, 0.25) is 0 Å². The summed E-state index contributed by atoms with van der Waals surface area (Å²) < 4.78 is 30.2. The van der Waals surface area contributed by atoms with Gasteiger partial charge in [-0.15, -0.1) is 0 Å². The number of benzene rings is 3. The van der Waals surface area contributed by atoms with Crippen LogP contribution in [0, 0.1) is 0 Å². The Morgan fingerprint density at radius 1 is 0.844 bits per heavy atom. The summed E-state index contributed by atoms with van der Waals surface area (Å²) in [7, 11) is 3.24. The van der Waals surface area contributed by atoms with E-state index in [1.54, 1.807) is 32.4 Å². The molecular formula is C34H40BrN3O7. The van der Waals surface area contributed by atoms with Crippen LogP contribution in [0.3, 0.4) is 0 Å². The van der Waals surface area contributed by atoms with Crippen LogP contribution in [0.4, 0.5) is 32.3 Å². The van der Waals surface area contributed by atoms with Crippen LogP contribution >= 0.6 is 15.9 Å². The van der Waals surface area contributed by atoms with Crippen molar-refractivity contribution in [1.29, 1.82) is 0 Å². The number of methoxy groups -OCH3 is 2. The predicted molar refractivity (Wildman–Crippen MR) is 177 cm³/mol. The average Bonchev–Trinajstić information content (AvgIpc) is 3.47. The summed E-state index contributed by atoms with van der Waals surface area (Å²) in [6, 6.07) is 17.0. The molecule has 0 radical (unpaired) electrons. The number of halogens is 1. The average molecular weight is 683 g/mol. The first-order chi connectivity index (χ1) is 21.2. The fourth-order valence-corrected chi connectivity index (χ4v) is 6.72. The molecule has 10 nitrogen and oxygen atoms in total. The third-order valence-electron chi connectivity index (χ3n) is 7.53. The number of nitrogens with one attached hydrogen (secondary N) is 2. The second kappa shape index (κ2) is 12.1. The lowest BCUT2D eigenvalue weighted by atomic mass is 9.73. The van der Waals surface area contributed by atoms with Crippen molar-refractivity contribution in [1.82, 2.24) is 0 Å². The van der Waals surface area contributed by atoms with Gasteiger partial charge in [-0.25, -0.2) is 9.59 Å². The molecule has 2 aliphatic heterocycles. The molecular weight excluding hydrogens is 642 g/mol. The highest BCUT2D eigenvalue weighted by atomic mass is 79.9. The van der Waals surface area contributed by atoms with Crippen LogP contribution in [0.15, 0.2) is 59.1 Å². The molecule has 0 bridgehead atoms. The second-order valence-electron chi connectivity index (χ2n) is 13.0. The van der Waals surface area contributed by atoms with E-state index in [1.165, 1.54) is 0 Å². The largest absolute Gasteiger partial charge is 0.496 e. The summed E-state index contributed by atoms with van der Waals surface area (Å²) in [5.74, 6) is 1.24. The van der Waals surface area contributed by atoms with Crippen LogP contribution in [0.2, 0.25) is 0 Å². The van der Waals surface area contributed by atoms with Gasteiger partial charge in [0.25, 0.3) is 0 Å². The lowest BCUT2D eigenvalue weighted by molar-refractivity contribution is 0.0624. The number of carbonyl (C=O) groups is 2. The van der Waals surface area contributed by atoms with E-state index in [-0.39, 0.29) is 0 Å². The zero-order valence-electron chi connectivity index (χ0n) is 26.9. The number of anilines is 4. The highest BCUT2D eigenvalue weighted by Crippen LogP contribution is 2.61. The maximum atomic E-state index is 12.7. The van der Waals surface area contributed by atoms with Gasteiger partial charge in [0.1, 0.15) is 28.9 Å². The summed E-state index contributed by atoms with van der Waals surface area (Å²) in [6.45, 7) is 11.4. The lowest BCUT2D eigenvalue weighted by Crippen LogP contribution is -2.41. The van der Waals surface area contributed by atoms with E-state index in [2.05, 4.69) is 31.5 Å². The van der Waals surface area contributed by atoms with Crippen molar-refractivity contribution in [2.75, 3.05) is 36.4 Å². The number of hydrogen-bond donors (Lipinski definition) is 2. The molecule has 3 aromatic carbocycles. The van der Waals surface area contributed by atoms with Gasteiger partial charge < -0.3 is 28.6 Å². The molecule has 2 aliphatic rings. The number of amides is 2. The first-order valence-corrected chi connectivity index (χ1v) is 15.5. The topological polar surface area (TPSA) is 108 Å². The minimum absolute atomic E-state index is 0.465. The van der Waals surface area contributed by atoms with Gasteiger partial charge in [-0.1, -0.05) is 22.0 Å². The van der Waals surface area contributed by atoms with Crippen LogP contribution < -0.4 is 25.0 Å². The van der Waals surface area contributed by atoms with E-state index in [0.29, 0.717) is 41.6 Å². The molecule has 1 fully saturated rings. The molecule has 2 heterocycles. The molecule has 0 spiro atoms. The van der Waals surface area contributed by atoms with Crippen molar-refractivity contribution in [3.63, 3.8) is 0 Å². The van der Waals surface area contributed by atoms with Crippen molar-refractivity contribution < 1.29 is 33.3 Å². The SMILES string of the molecule is COc1ccc(NC(=O)OC(C)(C)C)cc1N1c2cccc(Br)c2[C@@]2(c3cc(NC(=O)OC(C)(C)C)ccc3OC)CCOC12. The summed E-state index contributed by atoms with van der Waals surface area (Å²) in [5, 5.41) is 5.72. The molecule has 3 aromatic rings. The Labute approximate surface area is 272 Å².